The molecule has 0 aliphatic carbocycles. The monoisotopic (exact) mass is 439 g/mol. The predicted octanol–water partition coefficient (Wildman–Crippen LogP) is 6.43. The molecule has 1 N–H and O–H groups in total. The van der Waals surface area contributed by atoms with Crippen LogP contribution in [0, 0.1) is 41.5 Å². The van der Waals surface area contributed by atoms with E-state index in [0.717, 1.165) is 34.5 Å². The third-order valence-corrected chi connectivity index (χ3v) is 6.88. The van der Waals surface area contributed by atoms with E-state index in [2.05, 4.69) is 49.7 Å². The summed E-state index contributed by atoms with van der Waals surface area (Å²) in [6.07, 6.45) is 0. The van der Waals surface area contributed by atoms with E-state index in [1.807, 2.05) is 57.2 Å². The van der Waals surface area contributed by atoms with Crippen molar-refractivity contribution in [2.75, 3.05) is 0 Å². The van der Waals surface area contributed by atoms with Crippen LogP contribution in [0.25, 0.3) is 11.0 Å². The molecule has 0 aliphatic rings. The molecule has 0 spiro atoms. The molecule has 170 valence electrons. The first-order chi connectivity index (χ1) is 15.7. The predicted molar refractivity (Wildman–Crippen MR) is 136 cm³/mol. The Bertz CT molecular complexity index is 1340. The summed E-state index contributed by atoms with van der Waals surface area (Å²) in [4.78, 5) is 18.0. The number of nitrogens with one attached hydrogen (secondary N) is 1. The fraction of sp³-hybridized carbons (Fsp3) is 0.310. The molecule has 1 aromatic heterocycles. The largest absolute Gasteiger partial charge is 0.342 e. The number of aromatic nitrogens is 2. The summed E-state index contributed by atoms with van der Waals surface area (Å²) in [5, 5.41) is 3.19. The second kappa shape index (κ2) is 8.86. The van der Waals surface area contributed by atoms with Crippen molar-refractivity contribution in [2.45, 2.75) is 61.1 Å². The number of nitrogens with zero attached hydrogens (tertiary/aromatic N) is 2. The van der Waals surface area contributed by atoms with Crippen molar-refractivity contribution in [3.63, 3.8) is 0 Å². The minimum absolute atomic E-state index is 0.0719. The van der Waals surface area contributed by atoms with Crippen molar-refractivity contribution in [1.82, 2.24) is 14.9 Å². The molecule has 0 bridgehead atoms. The van der Waals surface area contributed by atoms with Crippen LogP contribution in [-0.2, 0) is 6.54 Å². The van der Waals surface area contributed by atoms with Gasteiger partial charge in [0.25, 0.3) is 5.91 Å². The van der Waals surface area contributed by atoms with E-state index in [1.165, 1.54) is 27.8 Å². The molecule has 4 heteroatoms. The van der Waals surface area contributed by atoms with Gasteiger partial charge >= 0.3 is 0 Å². The van der Waals surface area contributed by atoms with Gasteiger partial charge < -0.3 is 9.88 Å². The standard InChI is InChI=1S/C29H33N3O/c1-17-12-13-24(20(4)14-17)29(33)30-23(7)28-31-26-10-8-9-11-27(26)32(28)16-25-21(5)18(2)15-19(3)22(25)6/h8-15,23H,16H2,1-7H3,(H,30,33). The lowest BCUT2D eigenvalue weighted by atomic mass is 9.94. The van der Waals surface area contributed by atoms with Gasteiger partial charge in [-0.05, 0) is 100 Å². The summed E-state index contributed by atoms with van der Waals surface area (Å²) >= 11 is 0. The molecule has 1 heterocycles. The molecule has 0 aliphatic heterocycles. The Kier molecular flexibility index (Phi) is 6.11. The Morgan fingerprint density at radius 1 is 0.909 bits per heavy atom. The zero-order chi connectivity index (χ0) is 23.9. The number of hydrogen-bond acceptors (Lipinski definition) is 2. The first-order valence-corrected chi connectivity index (χ1v) is 11.6. The Morgan fingerprint density at radius 2 is 1.58 bits per heavy atom. The topological polar surface area (TPSA) is 46.9 Å². The van der Waals surface area contributed by atoms with Crippen molar-refractivity contribution in [3.05, 3.63) is 98.9 Å². The lowest BCUT2D eigenvalue weighted by molar-refractivity contribution is 0.0937. The number of benzene rings is 3. The Hall–Kier alpha value is -3.40. The number of amides is 1. The first kappa shape index (κ1) is 22.8. The van der Waals surface area contributed by atoms with E-state index in [1.54, 1.807) is 0 Å². The third kappa shape index (κ3) is 4.30. The van der Waals surface area contributed by atoms with Crippen LogP contribution in [0.3, 0.4) is 0 Å². The molecular weight excluding hydrogens is 406 g/mol. The number of aryl methyl sites for hydroxylation is 4. The van der Waals surface area contributed by atoms with Crippen molar-refractivity contribution in [3.8, 4) is 0 Å². The Labute approximate surface area is 196 Å². The number of para-hydroxylation sites is 2. The quantitative estimate of drug-likeness (QED) is 0.390. The lowest BCUT2D eigenvalue weighted by Crippen LogP contribution is -2.29. The molecule has 1 unspecified atom stereocenters. The van der Waals surface area contributed by atoms with Gasteiger partial charge in [-0.1, -0.05) is 35.9 Å². The number of imidazole rings is 1. The van der Waals surface area contributed by atoms with Crippen LogP contribution in [0.2, 0.25) is 0 Å². The van der Waals surface area contributed by atoms with E-state index >= 15 is 0 Å². The van der Waals surface area contributed by atoms with Gasteiger partial charge in [-0.3, -0.25) is 4.79 Å². The highest BCUT2D eigenvalue weighted by molar-refractivity contribution is 5.96. The summed E-state index contributed by atoms with van der Waals surface area (Å²) in [6, 6.07) is 16.1. The van der Waals surface area contributed by atoms with Crippen LogP contribution in [0.4, 0.5) is 0 Å². The maximum absolute atomic E-state index is 13.1. The van der Waals surface area contributed by atoms with E-state index < -0.39 is 0 Å². The van der Waals surface area contributed by atoms with Gasteiger partial charge in [-0.2, -0.15) is 0 Å². The summed E-state index contributed by atoms with van der Waals surface area (Å²) in [7, 11) is 0. The molecule has 4 rings (SSSR count). The molecule has 3 aromatic carbocycles. The molecule has 1 atom stereocenters. The highest BCUT2D eigenvalue weighted by Crippen LogP contribution is 2.27. The number of rotatable bonds is 5. The van der Waals surface area contributed by atoms with Gasteiger partial charge in [0.05, 0.1) is 17.1 Å². The summed E-state index contributed by atoms with van der Waals surface area (Å²) < 4.78 is 2.26. The zero-order valence-corrected chi connectivity index (χ0v) is 20.7. The van der Waals surface area contributed by atoms with Gasteiger partial charge in [0.15, 0.2) is 0 Å². The second-order valence-electron chi connectivity index (χ2n) is 9.30. The van der Waals surface area contributed by atoms with E-state index in [-0.39, 0.29) is 11.9 Å². The van der Waals surface area contributed by atoms with Crippen LogP contribution >= 0.6 is 0 Å². The van der Waals surface area contributed by atoms with E-state index in [9.17, 15) is 4.79 Å². The second-order valence-corrected chi connectivity index (χ2v) is 9.30. The van der Waals surface area contributed by atoms with Gasteiger partial charge in [0.2, 0.25) is 0 Å². The first-order valence-electron chi connectivity index (χ1n) is 11.6. The normalized spacial score (nSPS) is 12.2. The zero-order valence-electron chi connectivity index (χ0n) is 20.7. The number of hydrogen-bond donors (Lipinski definition) is 1. The molecule has 4 aromatic rings. The van der Waals surface area contributed by atoms with Crippen LogP contribution in [-0.4, -0.2) is 15.5 Å². The van der Waals surface area contributed by atoms with Crippen molar-refractivity contribution in [2.24, 2.45) is 0 Å². The summed E-state index contributed by atoms with van der Waals surface area (Å²) in [6.45, 7) is 15.5. The van der Waals surface area contributed by atoms with Crippen molar-refractivity contribution >= 4 is 16.9 Å². The lowest BCUT2D eigenvalue weighted by Gasteiger charge is -2.20. The molecular formula is C29H33N3O. The smallest absolute Gasteiger partial charge is 0.252 e. The molecule has 0 radical (unpaired) electrons. The van der Waals surface area contributed by atoms with Gasteiger partial charge in [0, 0.05) is 12.1 Å². The Morgan fingerprint density at radius 3 is 2.24 bits per heavy atom. The molecule has 0 fully saturated rings. The van der Waals surface area contributed by atoms with Crippen LogP contribution in [0.15, 0.2) is 48.5 Å². The fourth-order valence-electron chi connectivity index (χ4n) is 4.69. The number of carbonyl (C=O) groups excluding carboxylic acids is 1. The van der Waals surface area contributed by atoms with Gasteiger partial charge in [-0.15, -0.1) is 0 Å². The maximum Gasteiger partial charge on any atom is 0.252 e. The summed E-state index contributed by atoms with van der Waals surface area (Å²) in [5.74, 6) is 0.796. The number of carbonyl (C=O) groups is 1. The van der Waals surface area contributed by atoms with Crippen LogP contribution < -0.4 is 5.32 Å². The average Bonchev–Trinajstić information content (AvgIpc) is 3.13. The molecule has 1 amide bonds. The summed E-state index contributed by atoms with van der Waals surface area (Å²) in [5.41, 5.74) is 11.4. The highest BCUT2D eigenvalue weighted by atomic mass is 16.1. The fourth-order valence-corrected chi connectivity index (χ4v) is 4.69. The average molecular weight is 440 g/mol. The van der Waals surface area contributed by atoms with Gasteiger partial charge in [-0.25, -0.2) is 4.98 Å². The molecule has 4 nitrogen and oxygen atoms in total. The van der Waals surface area contributed by atoms with Crippen LogP contribution in [0.5, 0.6) is 0 Å². The number of fused-ring (bicyclic) bond motifs is 1. The van der Waals surface area contributed by atoms with E-state index in [0.29, 0.717) is 5.56 Å². The molecule has 0 saturated carbocycles. The van der Waals surface area contributed by atoms with E-state index in [4.69, 9.17) is 4.98 Å². The maximum atomic E-state index is 13.1. The Balaban J connectivity index is 1.75. The van der Waals surface area contributed by atoms with Crippen LogP contribution in [0.1, 0.15) is 68.1 Å². The SMILES string of the molecule is Cc1ccc(C(=O)NC(C)c2nc3ccccc3n2Cc2c(C)c(C)cc(C)c2C)c(C)c1. The minimum Gasteiger partial charge on any atom is -0.342 e. The molecule has 0 saturated heterocycles. The minimum atomic E-state index is -0.239. The van der Waals surface area contributed by atoms with Crippen molar-refractivity contribution in [1.29, 1.82) is 0 Å². The molecule has 33 heavy (non-hydrogen) atoms. The highest BCUT2D eigenvalue weighted by Gasteiger charge is 2.21. The van der Waals surface area contributed by atoms with Gasteiger partial charge in [0.1, 0.15) is 5.82 Å². The van der Waals surface area contributed by atoms with Crippen molar-refractivity contribution < 1.29 is 4.79 Å². The third-order valence-electron chi connectivity index (χ3n) is 6.88.